The van der Waals surface area contributed by atoms with E-state index in [4.69, 9.17) is 14.2 Å². The molecule has 2 aliphatic rings. The Kier molecular flexibility index (Phi) is 3.55. The van der Waals surface area contributed by atoms with E-state index in [9.17, 15) is 24.5 Å². The fourth-order valence-electron chi connectivity index (χ4n) is 3.32. The predicted octanol–water partition coefficient (Wildman–Crippen LogP) is 1.30. The number of rotatable bonds is 3. The summed E-state index contributed by atoms with van der Waals surface area (Å²) >= 11 is 0. The second kappa shape index (κ2) is 5.27. The topological polar surface area (TPSA) is 122 Å². The molecule has 1 saturated carbocycles. The predicted molar refractivity (Wildman–Crippen MR) is 80.0 cm³/mol. The minimum Gasteiger partial charge on any atom is -0.469 e. The summed E-state index contributed by atoms with van der Waals surface area (Å²) in [7, 11) is 1.14. The number of methoxy groups -OCH3 is 1. The first-order chi connectivity index (χ1) is 11.6. The quantitative estimate of drug-likeness (QED) is 0.346. The molecular weight excluding hydrogens is 334 g/mol. The molecule has 132 valence electrons. The van der Waals surface area contributed by atoms with Gasteiger partial charge in [-0.15, -0.1) is 0 Å². The number of esters is 3. The van der Waals surface area contributed by atoms with Gasteiger partial charge in [0.2, 0.25) is 0 Å². The van der Waals surface area contributed by atoms with Gasteiger partial charge in [-0.25, -0.2) is 0 Å². The van der Waals surface area contributed by atoms with E-state index in [2.05, 4.69) is 0 Å². The highest BCUT2D eigenvalue weighted by Crippen LogP contribution is 2.68. The number of carbonyl (C=O) groups is 3. The molecule has 0 aromatic heterocycles. The van der Waals surface area contributed by atoms with E-state index in [-0.39, 0.29) is 5.69 Å². The van der Waals surface area contributed by atoms with Crippen LogP contribution in [-0.2, 0) is 28.6 Å². The van der Waals surface area contributed by atoms with Crippen molar-refractivity contribution in [1.29, 1.82) is 0 Å². The molecular formula is C16H15NO8. The standard InChI is InChI=1S/C16H15NO8/c1-15(2)24-13(19)16(14(20)25-15)10(11(16)12(18)23-3)8-4-6-9(7-5-8)17(21)22/h4-7,10-11H,1-3H3/t10-,11-/m0/s1. The fraction of sp³-hybridized carbons (Fsp3) is 0.438. The van der Waals surface area contributed by atoms with Crippen molar-refractivity contribution in [3.8, 4) is 0 Å². The van der Waals surface area contributed by atoms with Crippen LogP contribution in [0.15, 0.2) is 24.3 Å². The number of ether oxygens (including phenoxy) is 3. The van der Waals surface area contributed by atoms with E-state index in [1.165, 1.54) is 38.1 Å². The molecule has 25 heavy (non-hydrogen) atoms. The SMILES string of the molecule is COC(=O)[C@@H]1[C@H](c2ccc([N+](=O)[O-])cc2)C12C(=O)OC(C)(C)OC2=O. The first-order valence-corrected chi connectivity index (χ1v) is 7.44. The molecule has 0 N–H and O–H groups in total. The molecule has 1 aliphatic heterocycles. The third-order valence-electron chi connectivity index (χ3n) is 4.48. The van der Waals surface area contributed by atoms with Crippen LogP contribution in [-0.4, -0.2) is 35.7 Å². The van der Waals surface area contributed by atoms with Gasteiger partial charge in [-0.2, -0.15) is 0 Å². The van der Waals surface area contributed by atoms with Crippen molar-refractivity contribution >= 4 is 23.6 Å². The normalized spacial score (nSPS) is 25.7. The van der Waals surface area contributed by atoms with Gasteiger partial charge in [0, 0.05) is 31.9 Å². The lowest BCUT2D eigenvalue weighted by molar-refractivity contribution is -0.384. The van der Waals surface area contributed by atoms with Crippen molar-refractivity contribution < 1.29 is 33.5 Å². The smallest absolute Gasteiger partial charge is 0.328 e. The first-order valence-electron chi connectivity index (χ1n) is 7.44. The first kappa shape index (κ1) is 16.9. The Morgan fingerprint density at radius 3 is 2.12 bits per heavy atom. The third-order valence-corrected chi connectivity index (χ3v) is 4.48. The molecule has 0 amide bonds. The summed E-state index contributed by atoms with van der Waals surface area (Å²) in [5.74, 6) is -5.88. The second-order valence-corrected chi connectivity index (χ2v) is 6.38. The Labute approximate surface area is 142 Å². The Morgan fingerprint density at radius 2 is 1.68 bits per heavy atom. The molecule has 1 aromatic rings. The second-order valence-electron chi connectivity index (χ2n) is 6.38. The highest BCUT2D eigenvalue weighted by atomic mass is 16.7. The number of non-ortho nitro benzene ring substituents is 1. The van der Waals surface area contributed by atoms with Gasteiger partial charge in [0.15, 0.2) is 5.41 Å². The maximum absolute atomic E-state index is 12.6. The summed E-state index contributed by atoms with van der Waals surface area (Å²) in [6.07, 6.45) is 0. The van der Waals surface area contributed by atoms with E-state index in [0.717, 1.165) is 7.11 Å². The van der Waals surface area contributed by atoms with E-state index in [0.29, 0.717) is 5.56 Å². The molecule has 2 atom stereocenters. The molecule has 1 heterocycles. The van der Waals surface area contributed by atoms with Gasteiger partial charge in [0.1, 0.15) is 0 Å². The third kappa shape index (κ3) is 2.34. The van der Waals surface area contributed by atoms with Crippen molar-refractivity contribution in [2.24, 2.45) is 11.3 Å². The van der Waals surface area contributed by atoms with Crippen molar-refractivity contribution in [1.82, 2.24) is 0 Å². The number of nitrogens with zero attached hydrogens (tertiary/aromatic N) is 1. The van der Waals surface area contributed by atoms with Crippen molar-refractivity contribution in [3.63, 3.8) is 0 Å². The molecule has 1 aliphatic carbocycles. The lowest BCUT2D eigenvalue weighted by atomic mass is 9.97. The number of benzene rings is 1. The number of carbonyl (C=O) groups excluding carboxylic acids is 3. The zero-order valence-corrected chi connectivity index (χ0v) is 13.7. The zero-order valence-electron chi connectivity index (χ0n) is 13.7. The van der Waals surface area contributed by atoms with Gasteiger partial charge in [-0.1, -0.05) is 12.1 Å². The van der Waals surface area contributed by atoms with Gasteiger partial charge in [-0.3, -0.25) is 24.5 Å². The summed E-state index contributed by atoms with van der Waals surface area (Å²) < 4.78 is 15.0. The molecule has 1 aromatic carbocycles. The Morgan fingerprint density at radius 1 is 1.16 bits per heavy atom. The van der Waals surface area contributed by atoms with Crippen LogP contribution in [0.4, 0.5) is 5.69 Å². The van der Waals surface area contributed by atoms with Crippen molar-refractivity contribution in [3.05, 3.63) is 39.9 Å². The van der Waals surface area contributed by atoms with Gasteiger partial charge < -0.3 is 14.2 Å². The monoisotopic (exact) mass is 349 g/mol. The Balaban J connectivity index is 2.03. The lowest BCUT2D eigenvalue weighted by Crippen LogP contribution is -2.49. The zero-order chi connectivity index (χ0) is 18.6. The Hall–Kier alpha value is -2.97. The minimum absolute atomic E-state index is 0.150. The lowest BCUT2D eigenvalue weighted by Gasteiger charge is -2.33. The van der Waals surface area contributed by atoms with Crippen LogP contribution >= 0.6 is 0 Å². The summed E-state index contributed by atoms with van der Waals surface area (Å²) in [6, 6.07) is 5.26. The van der Waals surface area contributed by atoms with Gasteiger partial charge in [0.25, 0.3) is 11.5 Å². The number of hydrogen-bond acceptors (Lipinski definition) is 8. The summed E-state index contributed by atoms with van der Waals surface area (Å²) in [6.45, 7) is 2.82. The van der Waals surface area contributed by atoms with Gasteiger partial charge in [0.05, 0.1) is 18.0 Å². The van der Waals surface area contributed by atoms with Crippen molar-refractivity contribution in [2.45, 2.75) is 25.6 Å². The number of nitro groups is 1. The van der Waals surface area contributed by atoms with Crippen LogP contribution in [0.5, 0.6) is 0 Å². The van der Waals surface area contributed by atoms with Gasteiger partial charge in [-0.05, 0) is 5.56 Å². The van der Waals surface area contributed by atoms with Crippen LogP contribution in [0.3, 0.4) is 0 Å². The highest BCUT2D eigenvalue weighted by molar-refractivity contribution is 6.12. The van der Waals surface area contributed by atoms with Gasteiger partial charge >= 0.3 is 17.9 Å². The average molecular weight is 349 g/mol. The Bertz CT molecular complexity index is 762. The van der Waals surface area contributed by atoms with Crippen LogP contribution in [0.25, 0.3) is 0 Å². The van der Waals surface area contributed by atoms with Crippen LogP contribution in [0.2, 0.25) is 0 Å². The minimum atomic E-state index is -1.82. The van der Waals surface area contributed by atoms with E-state index >= 15 is 0 Å². The van der Waals surface area contributed by atoms with Crippen LogP contribution < -0.4 is 0 Å². The number of cyclic esters (lactones) is 2. The molecule has 1 spiro atoms. The summed E-state index contributed by atoms with van der Waals surface area (Å²) in [5.41, 5.74) is -1.56. The average Bonchev–Trinajstić information content (AvgIpc) is 3.23. The highest BCUT2D eigenvalue weighted by Gasteiger charge is 2.82. The molecule has 3 rings (SSSR count). The van der Waals surface area contributed by atoms with Crippen LogP contribution in [0.1, 0.15) is 25.3 Å². The van der Waals surface area contributed by atoms with E-state index in [1.54, 1.807) is 0 Å². The molecule has 9 nitrogen and oxygen atoms in total. The maximum Gasteiger partial charge on any atom is 0.328 e. The fourth-order valence-corrected chi connectivity index (χ4v) is 3.32. The van der Waals surface area contributed by atoms with Crippen molar-refractivity contribution in [2.75, 3.05) is 7.11 Å². The molecule has 9 heteroatoms. The number of nitro benzene ring substituents is 1. The summed E-state index contributed by atoms with van der Waals surface area (Å²) in [4.78, 5) is 47.4. The van der Waals surface area contributed by atoms with E-state index < -0.39 is 45.9 Å². The molecule has 2 fully saturated rings. The largest absolute Gasteiger partial charge is 0.469 e. The molecule has 1 saturated heterocycles. The molecule has 0 bridgehead atoms. The van der Waals surface area contributed by atoms with E-state index in [1.807, 2.05) is 0 Å². The molecule has 0 unspecified atom stereocenters. The number of hydrogen-bond donors (Lipinski definition) is 0. The van der Waals surface area contributed by atoms with Crippen LogP contribution in [0, 0.1) is 21.4 Å². The maximum atomic E-state index is 12.6. The molecule has 0 radical (unpaired) electrons. The summed E-state index contributed by atoms with van der Waals surface area (Å²) in [5, 5.41) is 10.8.